The maximum Gasteiger partial charge on any atom is 0.335 e. The van der Waals surface area contributed by atoms with Crippen LogP contribution in [0.1, 0.15) is 10.4 Å². The van der Waals surface area contributed by atoms with E-state index in [1.807, 2.05) is 31.3 Å². The fourth-order valence-corrected chi connectivity index (χ4v) is 3.00. The molecule has 1 aromatic heterocycles. The van der Waals surface area contributed by atoms with Crippen molar-refractivity contribution in [3.05, 3.63) is 54.2 Å². The summed E-state index contributed by atoms with van der Waals surface area (Å²) in [5, 5.41) is 20.2. The smallest absolute Gasteiger partial charge is 0.335 e. The molecule has 0 atom stereocenters. The van der Waals surface area contributed by atoms with Crippen molar-refractivity contribution >= 4 is 22.6 Å². The topological polar surface area (TPSA) is 82.9 Å². The number of aromatic carboxylic acids is 1. The minimum Gasteiger partial charge on any atom is -0.496 e. The second-order valence-electron chi connectivity index (χ2n) is 5.91. The van der Waals surface area contributed by atoms with Crippen LogP contribution in [-0.4, -0.2) is 48.5 Å². The molecule has 6 nitrogen and oxygen atoms in total. The lowest BCUT2D eigenvalue weighted by Crippen LogP contribution is -2.22. The molecule has 2 N–H and O–H groups in total. The van der Waals surface area contributed by atoms with Crippen LogP contribution in [0, 0.1) is 0 Å². The summed E-state index contributed by atoms with van der Waals surface area (Å²) in [5.41, 5.74) is 1.93. The highest BCUT2D eigenvalue weighted by Crippen LogP contribution is 2.37. The van der Waals surface area contributed by atoms with E-state index < -0.39 is 5.97 Å². The Morgan fingerprint density at radius 1 is 1.15 bits per heavy atom. The number of rotatable bonds is 6. The fourth-order valence-electron chi connectivity index (χ4n) is 3.00. The van der Waals surface area contributed by atoms with E-state index in [4.69, 9.17) is 4.74 Å². The molecule has 0 saturated heterocycles. The number of aliphatic hydroxyl groups excluding tert-OH is 1. The Hall–Kier alpha value is -3.12. The number of aromatic nitrogens is 1. The third-order valence-corrected chi connectivity index (χ3v) is 4.31. The highest BCUT2D eigenvalue weighted by molar-refractivity contribution is 6.05. The van der Waals surface area contributed by atoms with Gasteiger partial charge in [0, 0.05) is 36.3 Å². The van der Waals surface area contributed by atoms with Crippen LogP contribution < -0.4 is 9.64 Å². The average Bonchev–Trinajstić information content (AvgIpc) is 2.66. The molecular weight excluding hydrogens is 332 g/mol. The van der Waals surface area contributed by atoms with Crippen LogP contribution in [0.15, 0.2) is 48.7 Å². The van der Waals surface area contributed by atoms with E-state index in [0.29, 0.717) is 17.7 Å². The van der Waals surface area contributed by atoms with Crippen molar-refractivity contribution in [1.29, 1.82) is 0 Å². The highest BCUT2D eigenvalue weighted by Gasteiger charge is 2.16. The first-order valence-corrected chi connectivity index (χ1v) is 8.18. The van der Waals surface area contributed by atoms with Crippen molar-refractivity contribution in [2.75, 3.05) is 32.2 Å². The Bertz CT molecular complexity index is 956. The van der Waals surface area contributed by atoms with Crippen molar-refractivity contribution in [3.8, 4) is 16.9 Å². The Balaban J connectivity index is 2.30. The molecule has 0 saturated carbocycles. The van der Waals surface area contributed by atoms with Crippen LogP contribution in [0.4, 0.5) is 5.82 Å². The normalized spacial score (nSPS) is 10.7. The summed E-state index contributed by atoms with van der Waals surface area (Å²) in [5.74, 6) is 0.343. The van der Waals surface area contributed by atoms with Crippen molar-refractivity contribution in [2.45, 2.75) is 0 Å². The molecule has 0 spiro atoms. The molecule has 1 heterocycles. The van der Waals surface area contributed by atoms with Gasteiger partial charge in [-0.25, -0.2) is 9.78 Å². The number of likely N-dealkylation sites (N-methyl/N-ethyl adjacent to an activating group) is 1. The van der Waals surface area contributed by atoms with Crippen molar-refractivity contribution in [1.82, 2.24) is 4.98 Å². The molecule has 0 aliphatic rings. The maximum atomic E-state index is 11.4. The molecule has 2 aromatic carbocycles. The van der Waals surface area contributed by atoms with Crippen LogP contribution >= 0.6 is 0 Å². The van der Waals surface area contributed by atoms with Gasteiger partial charge >= 0.3 is 5.97 Å². The molecule has 0 bridgehead atoms. The second-order valence-corrected chi connectivity index (χ2v) is 5.91. The lowest BCUT2D eigenvalue weighted by atomic mass is 9.98. The predicted octanol–water partition coefficient (Wildman–Crippen LogP) is 3.04. The van der Waals surface area contributed by atoms with Crippen LogP contribution in [0.25, 0.3) is 21.9 Å². The number of pyridine rings is 1. The number of carboxylic acid groups (broad SMARTS) is 1. The van der Waals surface area contributed by atoms with E-state index in [-0.39, 0.29) is 12.2 Å². The summed E-state index contributed by atoms with van der Waals surface area (Å²) in [6.07, 6.45) is 1.75. The Morgan fingerprint density at radius 2 is 1.92 bits per heavy atom. The van der Waals surface area contributed by atoms with E-state index in [1.54, 1.807) is 36.4 Å². The van der Waals surface area contributed by atoms with E-state index in [0.717, 1.165) is 22.3 Å². The number of carboxylic acids is 1. The van der Waals surface area contributed by atoms with Crippen LogP contribution in [0.3, 0.4) is 0 Å². The number of fused-ring (bicyclic) bond motifs is 1. The van der Waals surface area contributed by atoms with Gasteiger partial charge in [-0.3, -0.25) is 0 Å². The zero-order valence-corrected chi connectivity index (χ0v) is 14.6. The second kappa shape index (κ2) is 7.41. The number of ether oxygens (including phenoxy) is 1. The van der Waals surface area contributed by atoms with Gasteiger partial charge in [-0.15, -0.1) is 0 Å². The number of benzene rings is 2. The molecule has 26 heavy (non-hydrogen) atoms. The largest absolute Gasteiger partial charge is 0.496 e. The minimum atomic E-state index is -0.995. The monoisotopic (exact) mass is 352 g/mol. The van der Waals surface area contributed by atoms with Gasteiger partial charge in [-0.05, 0) is 23.6 Å². The number of carbonyl (C=O) groups is 1. The molecule has 0 radical (unpaired) electrons. The van der Waals surface area contributed by atoms with Gasteiger partial charge in [-0.1, -0.05) is 24.3 Å². The third-order valence-electron chi connectivity index (χ3n) is 4.31. The Kier molecular flexibility index (Phi) is 5.04. The summed E-state index contributed by atoms with van der Waals surface area (Å²) < 4.78 is 5.46. The van der Waals surface area contributed by atoms with E-state index >= 15 is 0 Å². The molecule has 0 aliphatic carbocycles. The highest BCUT2D eigenvalue weighted by atomic mass is 16.5. The number of para-hydroxylation sites is 1. The standard InChI is InChI=1S/C20H20N2O4/c1-22(9-10-23)19-16-11-13(20(24)25)7-8-14(16)17(12-21-19)15-5-3-4-6-18(15)26-2/h3-8,11-12,23H,9-10H2,1-2H3,(H,24,25). The van der Waals surface area contributed by atoms with E-state index in [1.165, 1.54) is 0 Å². The minimum absolute atomic E-state index is 0.0213. The van der Waals surface area contributed by atoms with Crippen molar-refractivity contribution < 1.29 is 19.7 Å². The number of aliphatic hydroxyl groups is 1. The first-order valence-electron chi connectivity index (χ1n) is 8.18. The Labute approximate surface area is 151 Å². The van der Waals surface area contributed by atoms with Crippen LogP contribution in [-0.2, 0) is 0 Å². The molecule has 0 unspecified atom stereocenters. The first kappa shape index (κ1) is 17.7. The fraction of sp³-hybridized carbons (Fsp3) is 0.200. The number of anilines is 1. The molecule has 3 rings (SSSR count). The number of nitrogens with zero attached hydrogens (tertiary/aromatic N) is 2. The van der Waals surface area contributed by atoms with Gasteiger partial charge in [0.05, 0.1) is 19.3 Å². The summed E-state index contributed by atoms with van der Waals surface area (Å²) in [7, 11) is 3.43. The predicted molar refractivity (Wildman–Crippen MR) is 101 cm³/mol. The average molecular weight is 352 g/mol. The van der Waals surface area contributed by atoms with Crippen LogP contribution in [0.2, 0.25) is 0 Å². The van der Waals surface area contributed by atoms with Gasteiger partial charge in [0.25, 0.3) is 0 Å². The third kappa shape index (κ3) is 3.19. The lowest BCUT2D eigenvalue weighted by Gasteiger charge is -2.20. The zero-order valence-electron chi connectivity index (χ0n) is 14.6. The number of methoxy groups -OCH3 is 1. The summed E-state index contributed by atoms with van der Waals surface area (Å²) in [6, 6.07) is 12.6. The van der Waals surface area contributed by atoms with E-state index in [2.05, 4.69) is 4.98 Å². The van der Waals surface area contributed by atoms with E-state index in [9.17, 15) is 15.0 Å². The van der Waals surface area contributed by atoms with Gasteiger partial charge in [0.1, 0.15) is 11.6 Å². The maximum absolute atomic E-state index is 11.4. The number of hydrogen-bond acceptors (Lipinski definition) is 5. The summed E-state index contributed by atoms with van der Waals surface area (Å²) >= 11 is 0. The molecule has 0 aliphatic heterocycles. The van der Waals surface area contributed by atoms with Gasteiger partial charge in [-0.2, -0.15) is 0 Å². The quantitative estimate of drug-likeness (QED) is 0.709. The van der Waals surface area contributed by atoms with Gasteiger partial charge in [0.15, 0.2) is 0 Å². The molecule has 0 fully saturated rings. The van der Waals surface area contributed by atoms with Crippen molar-refractivity contribution in [2.24, 2.45) is 0 Å². The lowest BCUT2D eigenvalue weighted by molar-refractivity contribution is 0.0697. The molecule has 134 valence electrons. The zero-order chi connectivity index (χ0) is 18.7. The van der Waals surface area contributed by atoms with Gasteiger partial charge < -0.3 is 19.8 Å². The SMILES string of the molecule is COc1ccccc1-c1cnc(N(C)CCO)c2cc(C(=O)O)ccc12. The molecule has 0 amide bonds. The Morgan fingerprint density at radius 3 is 2.62 bits per heavy atom. The molecular formula is C20H20N2O4. The number of hydrogen-bond donors (Lipinski definition) is 2. The first-order chi connectivity index (χ1) is 12.6. The van der Waals surface area contributed by atoms with Gasteiger partial charge in [0.2, 0.25) is 0 Å². The van der Waals surface area contributed by atoms with Crippen LogP contribution in [0.5, 0.6) is 5.75 Å². The summed E-state index contributed by atoms with van der Waals surface area (Å²) in [4.78, 5) is 17.8. The van der Waals surface area contributed by atoms with Crippen molar-refractivity contribution in [3.63, 3.8) is 0 Å². The summed E-state index contributed by atoms with van der Waals surface area (Å²) in [6.45, 7) is 0.375. The molecule has 6 heteroatoms. The molecule has 3 aromatic rings.